The number of aromatic nitrogens is 2. The third-order valence-electron chi connectivity index (χ3n) is 8.37. The van der Waals surface area contributed by atoms with Crippen LogP contribution in [-0.4, -0.2) is 62.4 Å². The summed E-state index contributed by atoms with van der Waals surface area (Å²) in [6.07, 6.45) is 5.16. The maximum atomic E-state index is 14.0. The highest BCUT2D eigenvalue weighted by atomic mass is 19.1. The number of carbonyl (C=O) groups excluding carboxylic acids is 4. The number of rotatable bonds is 4. The van der Waals surface area contributed by atoms with Crippen LogP contribution in [0.3, 0.4) is 0 Å². The van der Waals surface area contributed by atoms with Crippen molar-refractivity contribution in [2.75, 3.05) is 13.2 Å². The van der Waals surface area contributed by atoms with Crippen LogP contribution < -0.4 is 10.1 Å². The summed E-state index contributed by atoms with van der Waals surface area (Å²) in [6.45, 7) is -0.127. The predicted molar refractivity (Wildman–Crippen MR) is 138 cm³/mol. The lowest BCUT2D eigenvalue weighted by molar-refractivity contribution is -0.141. The molecule has 2 fully saturated rings. The molecule has 4 amide bonds. The van der Waals surface area contributed by atoms with Crippen LogP contribution in [-0.2, 0) is 28.7 Å². The number of amides is 4. The molecule has 7 rings (SSSR count). The Bertz CT molecular complexity index is 1610. The van der Waals surface area contributed by atoms with Gasteiger partial charge in [0.05, 0.1) is 12.2 Å². The van der Waals surface area contributed by atoms with Crippen molar-refractivity contribution in [2.45, 2.75) is 37.4 Å². The maximum Gasteiger partial charge on any atom is 0.325 e. The van der Waals surface area contributed by atoms with Gasteiger partial charge in [0, 0.05) is 42.9 Å². The third-order valence-corrected chi connectivity index (χ3v) is 8.37. The van der Waals surface area contributed by atoms with Crippen molar-refractivity contribution in [3.05, 3.63) is 71.3 Å². The van der Waals surface area contributed by atoms with E-state index in [0.29, 0.717) is 22.4 Å². The van der Waals surface area contributed by atoms with E-state index in [-0.39, 0.29) is 37.3 Å². The Morgan fingerprint density at radius 2 is 1.98 bits per heavy atom. The number of nitrogens with one attached hydrogen (secondary N) is 1. The molecule has 40 heavy (non-hydrogen) atoms. The van der Waals surface area contributed by atoms with E-state index >= 15 is 0 Å². The summed E-state index contributed by atoms with van der Waals surface area (Å²) in [6, 6.07) is 8.42. The standard InChI is InChI=1S/C29H26FN5O5/c1-33-12-19(11-31-33)17-4-6-22-21(9-17)24(36)10-29(22)27(38)35(28(39)32-29)14-26(37)34-13-18-8-20(30)5-7-25(18)40-15-23(34)16-2-3-16/h4-9,11-12,16,23H,2-3,10,13-15H2,1H3,(H,32,39)/t23?,29-/m0/s1. The molecule has 1 spiro atoms. The number of aryl methyl sites for hydroxylation is 1. The van der Waals surface area contributed by atoms with Crippen LogP contribution in [0, 0.1) is 11.7 Å². The second-order valence-electron chi connectivity index (χ2n) is 11.0. The SMILES string of the molecule is Cn1cc(-c2ccc3c(c2)C(=O)C[C@]32NC(=O)N(CC(=O)N3Cc4cc(F)ccc4OCC3C3CC3)C2=O)cn1. The number of urea groups is 1. The highest BCUT2D eigenvalue weighted by Gasteiger charge is 2.58. The predicted octanol–water partition coefficient (Wildman–Crippen LogP) is 2.76. The Balaban J connectivity index is 1.16. The quantitative estimate of drug-likeness (QED) is 0.507. The summed E-state index contributed by atoms with van der Waals surface area (Å²) in [4.78, 5) is 56.2. The summed E-state index contributed by atoms with van der Waals surface area (Å²) < 4.78 is 21.6. The van der Waals surface area contributed by atoms with Crippen molar-refractivity contribution in [2.24, 2.45) is 13.0 Å². The number of ether oxygens (including phenoxy) is 1. The van der Waals surface area contributed by atoms with Gasteiger partial charge < -0.3 is 15.0 Å². The van der Waals surface area contributed by atoms with E-state index < -0.39 is 35.7 Å². The first-order valence-electron chi connectivity index (χ1n) is 13.2. The Morgan fingerprint density at radius 1 is 1.15 bits per heavy atom. The molecule has 3 heterocycles. The number of nitrogens with zero attached hydrogens (tertiary/aromatic N) is 4. The minimum absolute atomic E-state index is 0.111. The van der Waals surface area contributed by atoms with Gasteiger partial charge >= 0.3 is 6.03 Å². The summed E-state index contributed by atoms with van der Waals surface area (Å²) in [5.74, 6) is -1.01. The Hall–Kier alpha value is -4.54. The highest BCUT2D eigenvalue weighted by molar-refractivity contribution is 6.17. The van der Waals surface area contributed by atoms with Crippen molar-refractivity contribution in [3.63, 3.8) is 0 Å². The first-order valence-corrected chi connectivity index (χ1v) is 13.2. The molecule has 4 aliphatic rings. The number of halogens is 1. The molecule has 2 atom stereocenters. The van der Waals surface area contributed by atoms with Gasteiger partial charge in [-0.15, -0.1) is 0 Å². The molecule has 1 N–H and O–H groups in total. The van der Waals surface area contributed by atoms with E-state index in [1.807, 2.05) is 6.20 Å². The molecule has 0 radical (unpaired) electrons. The maximum absolute atomic E-state index is 14.0. The number of Topliss-reactive ketones (excluding diaryl/α,β-unsaturated/α-hetero) is 1. The average molecular weight is 544 g/mol. The van der Waals surface area contributed by atoms with Gasteiger partial charge in [-0.3, -0.25) is 24.0 Å². The molecule has 0 bridgehead atoms. The zero-order valence-corrected chi connectivity index (χ0v) is 21.7. The van der Waals surface area contributed by atoms with Crippen molar-refractivity contribution < 1.29 is 28.3 Å². The molecule has 10 nitrogen and oxygen atoms in total. The molecule has 2 aliphatic carbocycles. The molecule has 11 heteroatoms. The molecule has 3 aromatic rings. The van der Waals surface area contributed by atoms with Gasteiger partial charge in [0.25, 0.3) is 5.91 Å². The van der Waals surface area contributed by atoms with Gasteiger partial charge in [0.2, 0.25) is 5.91 Å². The number of hydrogen-bond donors (Lipinski definition) is 1. The van der Waals surface area contributed by atoms with E-state index in [9.17, 15) is 23.6 Å². The van der Waals surface area contributed by atoms with Gasteiger partial charge in [-0.05, 0) is 54.2 Å². The summed E-state index contributed by atoms with van der Waals surface area (Å²) >= 11 is 0. The summed E-state index contributed by atoms with van der Waals surface area (Å²) in [5.41, 5.74) is 1.35. The Morgan fingerprint density at radius 3 is 2.73 bits per heavy atom. The molecular weight excluding hydrogens is 517 g/mol. The zero-order chi connectivity index (χ0) is 27.8. The average Bonchev–Trinajstić information content (AvgIpc) is 3.60. The molecule has 2 aliphatic heterocycles. The zero-order valence-electron chi connectivity index (χ0n) is 21.7. The number of benzene rings is 2. The molecule has 1 saturated carbocycles. The molecule has 1 unspecified atom stereocenters. The topological polar surface area (TPSA) is 114 Å². The minimum Gasteiger partial charge on any atom is -0.491 e. The Labute approximate surface area is 228 Å². The van der Waals surface area contributed by atoms with Crippen LogP contribution in [0.2, 0.25) is 0 Å². The van der Waals surface area contributed by atoms with Crippen LogP contribution in [0.5, 0.6) is 5.75 Å². The number of hydrogen-bond acceptors (Lipinski definition) is 6. The molecule has 2 aromatic carbocycles. The monoisotopic (exact) mass is 543 g/mol. The van der Waals surface area contributed by atoms with E-state index in [1.54, 1.807) is 47.1 Å². The second-order valence-corrected chi connectivity index (χ2v) is 11.0. The Kier molecular flexibility index (Phi) is 5.35. The number of fused-ring (bicyclic) bond motifs is 3. The van der Waals surface area contributed by atoms with Crippen molar-refractivity contribution in [3.8, 4) is 16.9 Å². The van der Waals surface area contributed by atoms with Gasteiger partial charge in [-0.2, -0.15) is 5.10 Å². The third kappa shape index (κ3) is 3.79. The first kappa shape index (κ1) is 24.5. The van der Waals surface area contributed by atoms with Gasteiger partial charge in [-0.25, -0.2) is 9.18 Å². The normalized spacial score (nSPS) is 23.6. The number of imide groups is 1. The highest BCUT2D eigenvalue weighted by Crippen LogP contribution is 2.43. The molecule has 204 valence electrons. The van der Waals surface area contributed by atoms with Crippen LogP contribution >= 0.6 is 0 Å². The number of ketones is 1. The lowest BCUT2D eigenvalue weighted by Gasteiger charge is -2.30. The number of carbonyl (C=O) groups is 4. The molecule has 1 saturated heterocycles. The minimum atomic E-state index is -1.55. The summed E-state index contributed by atoms with van der Waals surface area (Å²) in [7, 11) is 1.79. The fraction of sp³-hybridized carbons (Fsp3) is 0.345. The van der Waals surface area contributed by atoms with E-state index in [4.69, 9.17) is 4.74 Å². The summed E-state index contributed by atoms with van der Waals surface area (Å²) in [5, 5.41) is 6.89. The molecular formula is C29H26FN5O5. The van der Waals surface area contributed by atoms with E-state index in [0.717, 1.165) is 28.9 Å². The van der Waals surface area contributed by atoms with Crippen LogP contribution in [0.4, 0.5) is 9.18 Å². The fourth-order valence-electron chi connectivity index (χ4n) is 6.15. The fourth-order valence-corrected chi connectivity index (χ4v) is 6.15. The largest absolute Gasteiger partial charge is 0.491 e. The van der Waals surface area contributed by atoms with E-state index in [1.165, 1.54) is 12.1 Å². The van der Waals surface area contributed by atoms with Crippen molar-refractivity contribution in [1.82, 2.24) is 24.9 Å². The van der Waals surface area contributed by atoms with Crippen LogP contribution in [0.15, 0.2) is 48.8 Å². The van der Waals surface area contributed by atoms with Crippen molar-refractivity contribution in [1.29, 1.82) is 0 Å². The van der Waals surface area contributed by atoms with Gasteiger partial charge in [0.1, 0.15) is 24.7 Å². The molecule has 1 aromatic heterocycles. The van der Waals surface area contributed by atoms with E-state index in [2.05, 4.69) is 10.4 Å². The van der Waals surface area contributed by atoms with Crippen LogP contribution in [0.25, 0.3) is 11.1 Å². The lowest BCUT2D eigenvalue weighted by Crippen LogP contribution is -2.49. The van der Waals surface area contributed by atoms with Crippen LogP contribution in [0.1, 0.15) is 40.7 Å². The second kappa shape index (κ2) is 8.73. The van der Waals surface area contributed by atoms with Gasteiger partial charge in [-0.1, -0.05) is 12.1 Å². The lowest BCUT2D eigenvalue weighted by atomic mass is 9.90. The smallest absolute Gasteiger partial charge is 0.325 e. The first-order chi connectivity index (χ1) is 19.2. The van der Waals surface area contributed by atoms with Gasteiger partial charge in [0.15, 0.2) is 11.3 Å². The van der Waals surface area contributed by atoms with Crippen molar-refractivity contribution >= 4 is 23.6 Å².